The summed E-state index contributed by atoms with van der Waals surface area (Å²) in [6.07, 6.45) is 5.65. The van der Waals surface area contributed by atoms with Gasteiger partial charge in [0, 0.05) is 32.0 Å². The molecule has 0 saturated heterocycles. The van der Waals surface area contributed by atoms with Crippen LogP contribution in [0.1, 0.15) is 25.8 Å². The van der Waals surface area contributed by atoms with Crippen molar-refractivity contribution in [3.63, 3.8) is 0 Å². The van der Waals surface area contributed by atoms with Gasteiger partial charge < -0.3 is 10.6 Å². The number of anilines is 1. The minimum atomic E-state index is 0.160. The summed E-state index contributed by atoms with van der Waals surface area (Å²) in [7, 11) is 2.00. The fraction of sp³-hybridized carbons (Fsp3) is 0.636. The summed E-state index contributed by atoms with van der Waals surface area (Å²) in [6.45, 7) is 5.10. The number of nitrogens with two attached hydrogens (primary N) is 1. The predicted octanol–water partition coefficient (Wildman–Crippen LogP) is 1.21. The molecule has 4 nitrogen and oxygen atoms in total. The van der Waals surface area contributed by atoms with E-state index in [0.29, 0.717) is 0 Å². The fourth-order valence-electron chi connectivity index (χ4n) is 1.46. The Morgan fingerprint density at radius 3 is 2.47 bits per heavy atom. The third-order valence-electron chi connectivity index (χ3n) is 2.15. The Morgan fingerprint density at radius 1 is 1.40 bits per heavy atom. The second-order valence-corrected chi connectivity index (χ2v) is 3.99. The molecule has 1 aromatic rings. The molecular formula is C11H20N4. The lowest BCUT2D eigenvalue weighted by Gasteiger charge is -2.15. The Kier molecular flexibility index (Phi) is 4.49. The highest BCUT2D eigenvalue weighted by Gasteiger charge is 2.03. The molecule has 0 bridgehead atoms. The third kappa shape index (κ3) is 3.83. The summed E-state index contributed by atoms with van der Waals surface area (Å²) in [6, 6.07) is 0.160. The Balaban J connectivity index is 2.63. The van der Waals surface area contributed by atoms with Crippen LogP contribution >= 0.6 is 0 Å². The van der Waals surface area contributed by atoms with E-state index in [4.69, 9.17) is 5.73 Å². The van der Waals surface area contributed by atoms with Crippen molar-refractivity contribution in [3.8, 4) is 0 Å². The first-order valence-electron chi connectivity index (χ1n) is 5.41. The van der Waals surface area contributed by atoms with Crippen molar-refractivity contribution in [1.29, 1.82) is 0 Å². The van der Waals surface area contributed by atoms with Crippen LogP contribution in [0.15, 0.2) is 12.4 Å². The molecule has 0 spiro atoms. The Morgan fingerprint density at radius 2 is 2.00 bits per heavy atom. The molecule has 1 rings (SSSR count). The molecule has 15 heavy (non-hydrogen) atoms. The van der Waals surface area contributed by atoms with Crippen molar-refractivity contribution in [2.45, 2.75) is 32.7 Å². The number of aromatic nitrogens is 2. The maximum Gasteiger partial charge on any atom is 0.224 e. The molecule has 0 saturated carbocycles. The minimum Gasteiger partial charge on any atom is -0.344 e. The van der Waals surface area contributed by atoms with Crippen LogP contribution < -0.4 is 10.6 Å². The lowest BCUT2D eigenvalue weighted by Crippen LogP contribution is -2.21. The average molecular weight is 208 g/mol. The number of rotatable bonds is 5. The molecule has 0 amide bonds. The van der Waals surface area contributed by atoms with Crippen molar-refractivity contribution in [2.75, 3.05) is 18.5 Å². The van der Waals surface area contributed by atoms with E-state index < -0.39 is 0 Å². The van der Waals surface area contributed by atoms with Crippen LogP contribution in [0.4, 0.5) is 5.95 Å². The van der Waals surface area contributed by atoms with Crippen molar-refractivity contribution >= 4 is 5.95 Å². The second-order valence-electron chi connectivity index (χ2n) is 3.99. The van der Waals surface area contributed by atoms with E-state index in [1.807, 2.05) is 26.4 Å². The largest absolute Gasteiger partial charge is 0.344 e. The smallest absolute Gasteiger partial charge is 0.224 e. The summed E-state index contributed by atoms with van der Waals surface area (Å²) in [5.41, 5.74) is 6.80. The summed E-state index contributed by atoms with van der Waals surface area (Å²) in [5, 5.41) is 0. The number of hydrogen-bond donors (Lipinski definition) is 1. The van der Waals surface area contributed by atoms with Gasteiger partial charge in [-0.05, 0) is 25.3 Å². The quantitative estimate of drug-likeness (QED) is 0.790. The van der Waals surface area contributed by atoms with Crippen LogP contribution in [0.5, 0.6) is 0 Å². The zero-order chi connectivity index (χ0) is 11.3. The molecule has 0 aliphatic heterocycles. The first-order valence-corrected chi connectivity index (χ1v) is 5.41. The Hall–Kier alpha value is -1.16. The van der Waals surface area contributed by atoms with E-state index in [0.717, 1.165) is 30.9 Å². The van der Waals surface area contributed by atoms with Gasteiger partial charge in [0.25, 0.3) is 0 Å². The number of nitrogens with zero attached hydrogens (tertiary/aromatic N) is 3. The van der Waals surface area contributed by atoms with E-state index in [-0.39, 0.29) is 6.04 Å². The standard InChI is InChI=1S/C11H20N4/c1-4-5-15(3)11-13-7-10(8-14-11)6-9(2)12/h7-9H,4-6,12H2,1-3H3. The molecule has 4 heteroatoms. The van der Waals surface area contributed by atoms with Crippen LogP contribution in [0.25, 0.3) is 0 Å². The highest BCUT2D eigenvalue weighted by Crippen LogP contribution is 2.06. The van der Waals surface area contributed by atoms with Crippen molar-refractivity contribution in [3.05, 3.63) is 18.0 Å². The molecule has 1 heterocycles. The molecular weight excluding hydrogens is 188 g/mol. The normalized spacial score (nSPS) is 12.5. The topological polar surface area (TPSA) is 55.0 Å². The van der Waals surface area contributed by atoms with Gasteiger partial charge >= 0.3 is 0 Å². The summed E-state index contributed by atoms with van der Waals surface area (Å²) >= 11 is 0. The van der Waals surface area contributed by atoms with Gasteiger partial charge in [-0.25, -0.2) is 9.97 Å². The summed E-state index contributed by atoms with van der Waals surface area (Å²) < 4.78 is 0. The predicted molar refractivity (Wildman–Crippen MR) is 62.9 cm³/mol. The van der Waals surface area contributed by atoms with E-state index in [1.165, 1.54) is 0 Å². The monoisotopic (exact) mass is 208 g/mol. The summed E-state index contributed by atoms with van der Waals surface area (Å²) in [5.74, 6) is 0.783. The van der Waals surface area contributed by atoms with Gasteiger partial charge in [0.2, 0.25) is 5.95 Å². The first kappa shape index (κ1) is 11.9. The summed E-state index contributed by atoms with van der Waals surface area (Å²) in [4.78, 5) is 10.7. The first-order chi connectivity index (χ1) is 7.13. The third-order valence-corrected chi connectivity index (χ3v) is 2.15. The maximum atomic E-state index is 5.70. The van der Waals surface area contributed by atoms with Gasteiger partial charge in [0.1, 0.15) is 0 Å². The molecule has 84 valence electrons. The molecule has 0 aliphatic rings. The minimum absolute atomic E-state index is 0.160. The molecule has 0 radical (unpaired) electrons. The number of hydrogen-bond acceptors (Lipinski definition) is 4. The molecule has 1 atom stereocenters. The van der Waals surface area contributed by atoms with Gasteiger partial charge in [0.05, 0.1) is 0 Å². The van der Waals surface area contributed by atoms with Gasteiger partial charge in [-0.2, -0.15) is 0 Å². The van der Waals surface area contributed by atoms with Crippen LogP contribution in [0.3, 0.4) is 0 Å². The van der Waals surface area contributed by atoms with E-state index in [9.17, 15) is 0 Å². The van der Waals surface area contributed by atoms with Crippen molar-refractivity contribution in [2.24, 2.45) is 5.73 Å². The SMILES string of the molecule is CCCN(C)c1ncc(CC(C)N)cn1. The van der Waals surface area contributed by atoms with E-state index in [2.05, 4.69) is 21.8 Å². The Labute approximate surface area is 91.5 Å². The zero-order valence-corrected chi connectivity index (χ0v) is 9.77. The molecule has 1 unspecified atom stereocenters. The molecule has 2 N–H and O–H groups in total. The van der Waals surface area contributed by atoms with Gasteiger partial charge in [-0.1, -0.05) is 6.92 Å². The lowest BCUT2D eigenvalue weighted by atomic mass is 10.1. The average Bonchev–Trinajstić information content (AvgIpc) is 2.18. The fourth-order valence-corrected chi connectivity index (χ4v) is 1.46. The molecule has 0 aromatic carbocycles. The van der Waals surface area contributed by atoms with Gasteiger partial charge in [-0.3, -0.25) is 0 Å². The molecule has 0 fully saturated rings. The van der Waals surface area contributed by atoms with E-state index in [1.54, 1.807) is 0 Å². The second kappa shape index (κ2) is 5.66. The maximum absolute atomic E-state index is 5.70. The van der Waals surface area contributed by atoms with Gasteiger partial charge in [-0.15, -0.1) is 0 Å². The van der Waals surface area contributed by atoms with Crippen LogP contribution in [-0.4, -0.2) is 29.6 Å². The molecule has 1 aromatic heterocycles. The molecule has 0 aliphatic carbocycles. The van der Waals surface area contributed by atoms with Crippen molar-refractivity contribution < 1.29 is 0 Å². The van der Waals surface area contributed by atoms with Crippen LogP contribution in [0.2, 0.25) is 0 Å². The highest BCUT2D eigenvalue weighted by molar-refractivity contribution is 5.28. The van der Waals surface area contributed by atoms with Gasteiger partial charge in [0.15, 0.2) is 0 Å². The Bertz CT molecular complexity index is 281. The lowest BCUT2D eigenvalue weighted by molar-refractivity contribution is 0.729. The highest BCUT2D eigenvalue weighted by atomic mass is 15.2. The van der Waals surface area contributed by atoms with E-state index >= 15 is 0 Å². The van der Waals surface area contributed by atoms with Crippen LogP contribution in [-0.2, 0) is 6.42 Å². The van der Waals surface area contributed by atoms with Crippen molar-refractivity contribution in [1.82, 2.24) is 9.97 Å². The zero-order valence-electron chi connectivity index (χ0n) is 9.77. The van der Waals surface area contributed by atoms with Crippen LogP contribution in [0, 0.1) is 0 Å².